The van der Waals surface area contributed by atoms with E-state index in [1.54, 1.807) is 4.90 Å². The standard InChI is InChI=1S/C30H40N6O3/c1-6-24(37)35-15-17-36(18-16-35)27-23-12-14-30(13-8-11-22-10-7-9-20(2)25(22)30)39-29(23)33-26(32-27)28(38)31-21(3)19-34(4)5/h6-7,9-10,21H,1,8,11-19H2,2-5H3,(H,31,38)/t21-,30-/m1/s1. The van der Waals surface area contributed by atoms with Crippen LogP contribution in [0.4, 0.5) is 5.82 Å². The van der Waals surface area contributed by atoms with Gasteiger partial charge in [0.05, 0.1) is 5.56 Å². The zero-order valence-corrected chi connectivity index (χ0v) is 23.6. The van der Waals surface area contributed by atoms with Crippen LogP contribution < -0.4 is 15.0 Å². The summed E-state index contributed by atoms with van der Waals surface area (Å²) in [7, 11) is 3.95. The van der Waals surface area contributed by atoms with E-state index < -0.39 is 5.60 Å². The third-order valence-corrected chi connectivity index (χ3v) is 8.14. The molecule has 1 fully saturated rings. The molecule has 0 unspecified atom stereocenters. The molecule has 0 saturated carbocycles. The Morgan fingerprint density at radius 1 is 1.18 bits per heavy atom. The van der Waals surface area contributed by atoms with E-state index in [4.69, 9.17) is 14.7 Å². The third kappa shape index (κ3) is 5.37. The van der Waals surface area contributed by atoms with E-state index in [1.807, 2.05) is 25.9 Å². The molecule has 1 spiro atoms. The van der Waals surface area contributed by atoms with Crippen LogP contribution in [0.15, 0.2) is 30.9 Å². The molecule has 3 aliphatic rings. The van der Waals surface area contributed by atoms with Crippen molar-refractivity contribution in [3.63, 3.8) is 0 Å². The van der Waals surface area contributed by atoms with Gasteiger partial charge in [-0.15, -0.1) is 0 Å². The second kappa shape index (κ2) is 11.0. The van der Waals surface area contributed by atoms with Gasteiger partial charge in [-0.25, -0.2) is 4.98 Å². The number of nitrogens with zero attached hydrogens (tertiary/aromatic N) is 5. The maximum Gasteiger partial charge on any atom is 0.289 e. The Morgan fingerprint density at radius 2 is 1.95 bits per heavy atom. The Labute approximate surface area is 231 Å². The van der Waals surface area contributed by atoms with Crippen molar-refractivity contribution in [1.29, 1.82) is 0 Å². The molecule has 2 aromatic rings. The Kier molecular flexibility index (Phi) is 7.62. The number of anilines is 1. The maximum atomic E-state index is 13.4. The largest absolute Gasteiger partial charge is 0.466 e. The highest BCUT2D eigenvalue weighted by Crippen LogP contribution is 2.48. The van der Waals surface area contributed by atoms with Crippen LogP contribution in [0.3, 0.4) is 0 Å². The molecular formula is C30H40N6O3. The third-order valence-electron chi connectivity index (χ3n) is 8.14. The Hall–Kier alpha value is -3.46. The van der Waals surface area contributed by atoms with Crippen LogP contribution in [-0.4, -0.2) is 84.4 Å². The van der Waals surface area contributed by atoms with Crippen LogP contribution in [0.25, 0.3) is 0 Å². The molecule has 2 atom stereocenters. The number of aryl methyl sites for hydroxylation is 2. The zero-order valence-electron chi connectivity index (χ0n) is 23.6. The van der Waals surface area contributed by atoms with Crippen molar-refractivity contribution >= 4 is 17.6 Å². The molecule has 0 radical (unpaired) electrons. The summed E-state index contributed by atoms with van der Waals surface area (Å²) in [6, 6.07) is 6.43. The summed E-state index contributed by atoms with van der Waals surface area (Å²) in [6.07, 6.45) is 6.00. The van der Waals surface area contributed by atoms with Crippen molar-refractivity contribution in [2.75, 3.05) is 51.7 Å². The van der Waals surface area contributed by atoms with E-state index in [9.17, 15) is 9.59 Å². The Bertz CT molecular complexity index is 1270. The summed E-state index contributed by atoms with van der Waals surface area (Å²) < 4.78 is 6.89. The van der Waals surface area contributed by atoms with E-state index >= 15 is 0 Å². The predicted octanol–water partition coefficient (Wildman–Crippen LogP) is 2.86. The number of hydrogen-bond acceptors (Lipinski definition) is 7. The van der Waals surface area contributed by atoms with Crippen molar-refractivity contribution in [3.05, 3.63) is 58.9 Å². The monoisotopic (exact) mass is 532 g/mol. The topological polar surface area (TPSA) is 90.9 Å². The van der Waals surface area contributed by atoms with Crippen molar-refractivity contribution < 1.29 is 14.3 Å². The lowest BCUT2D eigenvalue weighted by molar-refractivity contribution is -0.126. The number of nitrogens with one attached hydrogen (secondary N) is 1. The number of benzene rings is 1. The average Bonchev–Trinajstić information content (AvgIpc) is 2.91. The highest BCUT2D eigenvalue weighted by atomic mass is 16.5. The van der Waals surface area contributed by atoms with Gasteiger partial charge in [0, 0.05) is 44.3 Å². The van der Waals surface area contributed by atoms with Gasteiger partial charge in [0.1, 0.15) is 11.4 Å². The Balaban J connectivity index is 1.51. The molecule has 9 heteroatoms. The number of hydrogen-bond donors (Lipinski definition) is 1. The first kappa shape index (κ1) is 27.1. The number of fused-ring (bicyclic) bond motifs is 3. The minimum absolute atomic E-state index is 0.0640. The SMILES string of the molecule is C=CC(=O)N1CCN(c2nc(C(=O)N[C@H](C)CN(C)C)nc3c2CC[C@@]2(CCCc4cccc(C)c42)O3)CC1. The highest BCUT2D eigenvalue weighted by molar-refractivity contribution is 5.91. The number of carbonyl (C=O) groups is 2. The van der Waals surface area contributed by atoms with E-state index in [2.05, 4.69) is 41.9 Å². The van der Waals surface area contributed by atoms with Crippen LogP contribution >= 0.6 is 0 Å². The molecule has 1 N–H and O–H groups in total. The van der Waals surface area contributed by atoms with Crippen molar-refractivity contribution in [2.24, 2.45) is 0 Å². The number of aromatic nitrogens is 2. The number of amides is 2. The molecule has 39 heavy (non-hydrogen) atoms. The van der Waals surface area contributed by atoms with Crippen molar-refractivity contribution in [1.82, 2.24) is 25.1 Å². The van der Waals surface area contributed by atoms with Crippen LogP contribution in [-0.2, 0) is 23.2 Å². The minimum Gasteiger partial charge on any atom is -0.466 e. The van der Waals surface area contributed by atoms with Crippen LogP contribution in [0, 0.1) is 6.92 Å². The first-order chi connectivity index (χ1) is 18.7. The fourth-order valence-electron chi connectivity index (χ4n) is 6.46. The lowest BCUT2D eigenvalue weighted by Gasteiger charge is -2.44. The molecular weight excluding hydrogens is 492 g/mol. The van der Waals surface area contributed by atoms with Gasteiger partial charge in [-0.05, 0) is 77.2 Å². The number of ether oxygens (including phenoxy) is 1. The summed E-state index contributed by atoms with van der Waals surface area (Å²) in [5.41, 5.74) is 4.37. The second-order valence-corrected chi connectivity index (χ2v) is 11.4. The quantitative estimate of drug-likeness (QED) is 0.572. The summed E-state index contributed by atoms with van der Waals surface area (Å²) >= 11 is 0. The Morgan fingerprint density at radius 3 is 2.67 bits per heavy atom. The normalized spacial score (nSPS) is 21.2. The molecule has 9 nitrogen and oxygen atoms in total. The summed E-state index contributed by atoms with van der Waals surface area (Å²) in [5, 5.41) is 3.05. The molecule has 0 bridgehead atoms. The van der Waals surface area contributed by atoms with Crippen LogP contribution in [0.5, 0.6) is 5.88 Å². The molecule has 1 aromatic heterocycles. The van der Waals surface area contributed by atoms with Gasteiger partial charge in [0.25, 0.3) is 5.91 Å². The number of likely N-dealkylation sites (N-methyl/N-ethyl adjacent to an activating group) is 1. The summed E-state index contributed by atoms with van der Waals surface area (Å²) in [4.78, 5) is 41.1. The van der Waals surface area contributed by atoms with E-state index in [0.717, 1.165) is 43.5 Å². The molecule has 2 aliphatic heterocycles. The van der Waals surface area contributed by atoms with Gasteiger partial charge < -0.3 is 24.8 Å². The number of carbonyl (C=O) groups excluding carboxylic acids is 2. The summed E-state index contributed by atoms with van der Waals surface area (Å²) in [5.74, 6) is 1.00. The van der Waals surface area contributed by atoms with Crippen LogP contribution in [0.1, 0.15) is 59.1 Å². The highest BCUT2D eigenvalue weighted by Gasteiger charge is 2.44. The molecule has 1 aromatic carbocycles. The zero-order chi connectivity index (χ0) is 27.7. The van der Waals surface area contributed by atoms with E-state index in [0.29, 0.717) is 38.6 Å². The molecule has 208 valence electrons. The van der Waals surface area contributed by atoms with Gasteiger partial charge >= 0.3 is 0 Å². The van der Waals surface area contributed by atoms with E-state index in [-0.39, 0.29) is 23.7 Å². The average molecular weight is 533 g/mol. The first-order valence-corrected chi connectivity index (χ1v) is 14.0. The van der Waals surface area contributed by atoms with Gasteiger partial charge in [-0.3, -0.25) is 9.59 Å². The lowest BCUT2D eigenvalue weighted by Crippen LogP contribution is -2.49. The van der Waals surface area contributed by atoms with Gasteiger partial charge in [0.2, 0.25) is 17.6 Å². The lowest BCUT2D eigenvalue weighted by atomic mass is 9.73. The molecule has 3 heterocycles. The van der Waals surface area contributed by atoms with Gasteiger partial charge in [-0.2, -0.15) is 4.98 Å². The first-order valence-electron chi connectivity index (χ1n) is 14.0. The molecule has 1 saturated heterocycles. The minimum atomic E-state index is -0.446. The number of rotatable bonds is 6. The summed E-state index contributed by atoms with van der Waals surface area (Å²) in [6.45, 7) is 10.8. The maximum absolute atomic E-state index is 13.4. The van der Waals surface area contributed by atoms with Crippen molar-refractivity contribution in [3.8, 4) is 5.88 Å². The van der Waals surface area contributed by atoms with Crippen molar-refractivity contribution in [2.45, 2.75) is 57.6 Å². The fraction of sp³-hybridized carbons (Fsp3) is 0.533. The fourth-order valence-corrected chi connectivity index (χ4v) is 6.46. The van der Waals surface area contributed by atoms with E-state index in [1.165, 1.54) is 22.8 Å². The molecule has 2 amide bonds. The molecule has 5 rings (SSSR count). The van der Waals surface area contributed by atoms with Gasteiger partial charge in [-0.1, -0.05) is 24.8 Å². The second-order valence-electron chi connectivity index (χ2n) is 11.4. The smallest absolute Gasteiger partial charge is 0.289 e. The van der Waals surface area contributed by atoms with Gasteiger partial charge in [0.15, 0.2) is 0 Å². The number of piperazine rings is 1. The molecule has 1 aliphatic carbocycles. The predicted molar refractivity (Wildman–Crippen MR) is 151 cm³/mol. The van der Waals surface area contributed by atoms with Crippen LogP contribution in [0.2, 0.25) is 0 Å².